The molecule has 11 heteroatoms. The third-order valence-electron chi connectivity index (χ3n) is 3.92. The first-order valence-electron chi connectivity index (χ1n) is 8.91. The van der Waals surface area contributed by atoms with E-state index in [4.69, 9.17) is 4.74 Å². The van der Waals surface area contributed by atoms with Crippen LogP contribution in [0.5, 0.6) is 5.75 Å². The molecular formula is C19H26N2O7S2. The molecule has 2 rings (SSSR count). The maximum Gasteiger partial charge on any atom is 0.262 e. The van der Waals surface area contributed by atoms with Crippen LogP contribution < -0.4 is 14.2 Å². The molecule has 0 atom stereocenters. The predicted molar refractivity (Wildman–Crippen MR) is 112 cm³/mol. The van der Waals surface area contributed by atoms with E-state index < -0.39 is 38.8 Å². The topological polar surface area (TPSA) is 142 Å². The molecule has 2 aromatic rings. The zero-order valence-corrected chi connectivity index (χ0v) is 18.8. The average Bonchev–Trinajstić information content (AvgIpc) is 2.65. The molecule has 166 valence electrons. The Balaban J connectivity index is 2.51. The highest BCUT2D eigenvalue weighted by Crippen LogP contribution is 2.27. The van der Waals surface area contributed by atoms with Crippen molar-refractivity contribution in [2.75, 3.05) is 11.8 Å². The quantitative estimate of drug-likeness (QED) is 0.470. The Hall–Kier alpha value is -2.18. The van der Waals surface area contributed by atoms with E-state index in [-0.39, 0.29) is 26.8 Å². The summed E-state index contributed by atoms with van der Waals surface area (Å²) in [4.78, 5) is -0.343. The maximum atomic E-state index is 12.9. The van der Waals surface area contributed by atoms with E-state index in [1.165, 1.54) is 37.4 Å². The number of nitrogens with one attached hydrogen (secondary N) is 2. The molecule has 0 aliphatic carbocycles. The fourth-order valence-corrected chi connectivity index (χ4v) is 5.24. The zero-order valence-electron chi connectivity index (χ0n) is 17.1. The van der Waals surface area contributed by atoms with Gasteiger partial charge in [-0.1, -0.05) is 6.07 Å². The molecule has 0 fully saturated rings. The van der Waals surface area contributed by atoms with Crippen LogP contribution in [0.3, 0.4) is 0 Å². The second-order valence-corrected chi connectivity index (χ2v) is 11.0. The Morgan fingerprint density at radius 1 is 0.900 bits per heavy atom. The number of aliphatic hydroxyl groups is 2. The van der Waals surface area contributed by atoms with E-state index in [2.05, 4.69) is 9.44 Å². The number of anilines is 1. The minimum Gasteiger partial charge on any atom is -0.497 e. The first-order valence-corrected chi connectivity index (χ1v) is 11.9. The normalized spacial score (nSPS) is 12.6. The van der Waals surface area contributed by atoms with Crippen LogP contribution in [-0.2, 0) is 33.3 Å². The molecule has 0 unspecified atom stereocenters. The lowest BCUT2D eigenvalue weighted by atomic mass is 10.1. The Labute approximate surface area is 176 Å². The van der Waals surface area contributed by atoms with Crippen molar-refractivity contribution in [1.82, 2.24) is 4.72 Å². The van der Waals surface area contributed by atoms with E-state index in [9.17, 15) is 27.0 Å². The van der Waals surface area contributed by atoms with Crippen molar-refractivity contribution < 1.29 is 31.8 Å². The van der Waals surface area contributed by atoms with E-state index >= 15 is 0 Å². The summed E-state index contributed by atoms with van der Waals surface area (Å²) in [7, 11) is -6.74. The Morgan fingerprint density at radius 3 is 2.10 bits per heavy atom. The molecule has 0 bridgehead atoms. The highest BCUT2D eigenvalue weighted by atomic mass is 32.2. The third-order valence-corrected chi connectivity index (χ3v) is 7.02. The van der Waals surface area contributed by atoms with Gasteiger partial charge in [0.15, 0.2) is 0 Å². The van der Waals surface area contributed by atoms with E-state index in [1.54, 1.807) is 20.8 Å². The maximum absolute atomic E-state index is 12.9. The van der Waals surface area contributed by atoms with Crippen LogP contribution in [0.4, 0.5) is 5.69 Å². The number of hydrogen-bond donors (Lipinski definition) is 4. The number of benzene rings is 2. The van der Waals surface area contributed by atoms with Gasteiger partial charge in [-0.2, -0.15) is 0 Å². The highest BCUT2D eigenvalue weighted by Gasteiger charge is 2.24. The first-order chi connectivity index (χ1) is 13.8. The van der Waals surface area contributed by atoms with E-state index in [0.29, 0.717) is 5.56 Å². The summed E-state index contributed by atoms with van der Waals surface area (Å²) in [6.45, 7) is 4.13. The number of ether oxygens (including phenoxy) is 1. The molecule has 0 radical (unpaired) electrons. The van der Waals surface area contributed by atoms with Crippen LogP contribution in [0.25, 0.3) is 0 Å². The van der Waals surface area contributed by atoms with Crippen molar-refractivity contribution in [3.05, 3.63) is 47.5 Å². The predicted octanol–water partition coefficient (Wildman–Crippen LogP) is 1.56. The minimum atomic E-state index is -4.18. The molecule has 0 heterocycles. The zero-order chi connectivity index (χ0) is 22.7. The number of aliphatic hydroxyl groups excluding tert-OH is 2. The minimum absolute atomic E-state index is 0.0809. The van der Waals surface area contributed by atoms with Crippen molar-refractivity contribution in [2.45, 2.75) is 49.3 Å². The summed E-state index contributed by atoms with van der Waals surface area (Å²) in [5.74, 6) is 0.231. The van der Waals surface area contributed by atoms with Gasteiger partial charge >= 0.3 is 0 Å². The van der Waals surface area contributed by atoms with Crippen molar-refractivity contribution in [1.29, 1.82) is 0 Å². The summed E-state index contributed by atoms with van der Waals surface area (Å²) in [5.41, 5.74) is -0.306. The Bertz CT molecular complexity index is 1100. The average molecular weight is 459 g/mol. The van der Waals surface area contributed by atoms with Crippen molar-refractivity contribution in [2.24, 2.45) is 0 Å². The molecule has 0 aliphatic heterocycles. The molecule has 2 aromatic carbocycles. The van der Waals surface area contributed by atoms with Gasteiger partial charge in [0.1, 0.15) is 5.75 Å². The molecule has 0 amide bonds. The summed E-state index contributed by atoms with van der Waals surface area (Å²) in [6, 6.07) is 7.79. The molecule has 4 N–H and O–H groups in total. The fourth-order valence-electron chi connectivity index (χ4n) is 2.62. The first kappa shape index (κ1) is 24.1. The second kappa shape index (κ2) is 8.90. The van der Waals surface area contributed by atoms with Gasteiger partial charge in [0.25, 0.3) is 10.0 Å². The van der Waals surface area contributed by atoms with Gasteiger partial charge in [0.2, 0.25) is 10.0 Å². The third kappa shape index (κ3) is 5.92. The van der Waals surface area contributed by atoms with Crippen molar-refractivity contribution >= 4 is 25.7 Å². The number of methoxy groups -OCH3 is 1. The van der Waals surface area contributed by atoms with Crippen LogP contribution in [0.1, 0.15) is 31.9 Å². The van der Waals surface area contributed by atoms with Gasteiger partial charge in [-0.25, -0.2) is 21.6 Å². The lowest BCUT2D eigenvalue weighted by molar-refractivity contribution is 0.280. The number of rotatable bonds is 8. The molecular weight excluding hydrogens is 432 g/mol. The van der Waals surface area contributed by atoms with Crippen LogP contribution in [0.15, 0.2) is 46.2 Å². The summed E-state index contributed by atoms with van der Waals surface area (Å²) in [5, 5.41) is 18.9. The van der Waals surface area contributed by atoms with Crippen LogP contribution in [0.2, 0.25) is 0 Å². The molecule has 30 heavy (non-hydrogen) atoms. The van der Waals surface area contributed by atoms with E-state index in [0.717, 1.165) is 6.07 Å². The molecule has 0 saturated heterocycles. The van der Waals surface area contributed by atoms with Crippen LogP contribution in [-0.4, -0.2) is 39.7 Å². The van der Waals surface area contributed by atoms with Crippen molar-refractivity contribution in [3.63, 3.8) is 0 Å². The molecule has 0 saturated carbocycles. The van der Waals surface area contributed by atoms with Crippen LogP contribution >= 0.6 is 0 Å². The fraction of sp³-hybridized carbons (Fsp3) is 0.368. The van der Waals surface area contributed by atoms with Gasteiger partial charge < -0.3 is 14.9 Å². The van der Waals surface area contributed by atoms with E-state index in [1.807, 2.05) is 0 Å². The number of sulfonamides is 2. The second-order valence-electron chi connectivity index (χ2n) is 7.61. The molecule has 9 nitrogen and oxygen atoms in total. The summed E-state index contributed by atoms with van der Waals surface area (Å²) < 4.78 is 60.9. The monoisotopic (exact) mass is 458 g/mol. The van der Waals surface area contributed by atoms with Gasteiger partial charge in [0, 0.05) is 17.2 Å². The molecule has 0 spiro atoms. The summed E-state index contributed by atoms with van der Waals surface area (Å²) in [6.07, 6.45) is 0. The molecule has 0 aromatic heterocycles. The van der Waals surface area contributed by atoms with Gasteiger partial charge in [0.05, 0.1) is 35.8 Å². The highest BCUT2D eigenvalue weighted by molar-refractivity contribution is 7.92. The largest absolute Gasteiger partial charge is 0.497 e. The SMILES string of the molecule is COc1cc(CO)cc(S(=O)(=O)Nc2cc(S(=O)(=O)NC(C)(C)C)ccc2CO)c1. The van der Waals surface area contributed by atoms with Crippen molar-refractivity contribution in [3.8, 4) is 5.75 Å². The Morgan fingerprint density at radius 2 is 1.57 bits per heavy atom. The standard InChI is InChI=1S/C19H26N2O7S2/c1-19(2,3)21-30(26,27)16-6-5-14(12-23)18(10-16)20-29(24,25)17-8-13(11-22)7-15(9-17)28-4/h5-10,20-23H,11-12H2,1-4H3. The van der Waals surface area contributed by atoms with Gasteiger partial charge in [-0.05, 0) is 50.6 Å². The smallest absolute Gasteiger partial charge is 0.262 e. The van der Waals surface area contributed by atoms with Gasteiger partial charge in [-0.3, -0.25) is 4.72 Å². The lowest BCUT2D eigenvalue weighted by Gasteiger charge is -2.21. The lowest BCUT2D eigenvalue weighted by Crippen LogP contribution is -2.40. The summed E-state index contributed by atoms with van der Waals surface area (Å²) >= 11 is 0. The van der Waals surface area contributed by atoms with Crippen LogP contribution in [0, 0.1) is 0 Å². The molecule has 0 aliphatic rings. The Kier molecular flexibility index (Phi) is 7.15. The number of hydrogen-bond acceptors (Lipinski definition) is 7. The van der Waals surface area contributed by atoms with Gasteiger partial charge in [-0.15, -0.1) is 0 Å².